The van der Waals surface area contributed by atoms with Gasteiger partial charge in [0.2, 0.25) is 5.91 Å². The normalized spacial score (nSPS) is 20.6. The minimum Gasteiger partial charge on any atom is -0.446 e. The number of nitrogens with zero attached hydrogens (tertiary/aromatic N) is 5. The Labute approximate surface area is 236 Å². The van der Waals surface area contributed by atoms with Crippen LogP contribution in [0, 0.1) is 17.2 Å². The van der Waals surface area contributed by atoms with Crippen molar-refractivity contribution in [1.82, 2.24) is 14.8 Å². The van der Waals surface area contributed by atoms with E-state index in [0.29, 0.717) is 43.1 Å². The van der Waals surface area contributed by atoms with E-state index in [4.69, 9.17) is 21.6 Å². The lowest BCUT2D eigenvalue weighted by Gasteiger charge is -2.34. The fourth-order valence-corrected chi connectivity index (χ4v) is 5.53. The number of carbonyl (C=O) groups excluding carboxylic acids is 2. The highest BCUT2D eigenvalue weighted by Gasteiger charge is 2.43. The fourth-order valence-electron chi connectivity index (χ4n) is 5.41. The van der Waals surface area contributed by atoms with Gasteiger partial charge in [0, 0.05) is 56.3 Å². The molecule has 12 heteroatoms. The summed E-state index contributed by atoms with van der Waals surface area (Å²) in [5, 5.41) is 9.53. The molecule has 214 valence electrons. The van der Waals surface area contributed by atoms with Crippen molar-refractivity contribution in [2.75, 3.05) is 38.1 Å². The Hall–Kier alpha value is -3.52. The number of nitriles is 1. The molecular formula is C28H31ClF3N5O3. The van der Waals surface area contributed by atoms with E-state index in [1.54, 1.807) is 29.2 Å². The van der Waals surface area contributed by atoms with Crippen molar-refractivity contribution in [3.8, 4) is 6.07 Å². The van der Waals surface area contributed by atoms with Crippen LogP contribution in [-0.2, 0) is 9.53 Å². The van der Waals surface area contributed by atoms with Crippen molar-refractivity contribution in [1.29, 1.82) is 5.26 Å². The van der Waals surface area contributed by atoms with Crippen LogP contribution in [0.15, 0.2) is 42.6 Å². The number of piperidine rings is 1. The second-order valence-electron chi connectivity index (χ2n) is 10.4. The van der Waals surface area contributed by atoms with Crippen LogP contribution in [0.5, 0.6) is 0 Å². The van der Waals surface area contributed by atoms with Crippen molar-refractivity contribution in [3.63, 3.8) is 0 Å². The molecule has 3 atom stereocenters. The minimum absolute atomic E-state index is 0.0129. The van der Waals surface area contributed by atoms with Gasteiger partial charge in [-0.15, -0.1) is 0 Å². The molecule has 0 saturated carbocycles. The molecule has 4 rings (SSSR count). The zero-order valence-corrected chi connectivity index (χ0v) is 23.0. The minimum atomic E-state index is -4.45. The number of anilines is 1. The summed E-state index contributed by atoms with van der Waals surface area (Å²) in [6.45, 7) is 3.08. The molecule has 0 aliphatic carbocycles. The van der Waals surface area contributed by atoms with Crippen LogP contribution in [0.25, 0.3) is 0 Å². The summed E-state index contributed by atoms with van der Waals surface area (Å²) in [7, 11) is 1.49. The van der Waals surface area contributed by atoms with E-state index in [2.05, 4.69) is 9.88 Å². The van der Waals surface area contributed by atoms with Crippen LogP contribution in [0.1, 0.15) is 43.2 Å². The zero-order valence-electron chi connectivity index (χ0n) is 22.3. The smallest absolute Gasteiger partial charge is 0.410 e. The number of likely N-dealkylation sites (N-methyl/N-ethyl adjacent to an activating group) is 1. The number of hydrogen-bond donors (Lipinski definition) is 0. The maximum absolute atomic E-state index is 13.6. The molecule has 1 aromatic heterocycles. The number of alkyl halides is 3. The van der Waals surface area contributed by atoms with Crippen molar-refractivity contribution < 1.29 is 27.5 Å². The standard InChI is InChI=1S/C28H31ClF3N5O3/c1-18(13-28(30,31)32)40-27(39)35(2)24-17-37(16-23(24)20-4-6-22(29)7-5-20)26(38)21-9-11-36(12-10-21)25-8-3-19(14-33)15-34-25/h3-8,15,18,21,23-24H,9-13,16-17H2,1-2H3/t18?,23?,24-/m1/s1. The van der Waals surface area contributed by atoms with Gasteiger partial charge in [-0.2, -0.15) is 18.4 Å². The highest BCUT2D eigenvalue weighted by atomic mass is 35.5. The van der Waals surface area contributed by atoms with E-state index in [1.807, 2.05) is 18.2 Å². The molecule has 2 aromatic rings. The predicted octanol–water partition coefficient (Wildman–Crippen LogP) is 5.23. The molecule has 2 aliphatic heterocycles. The van der Waals surface area contributed by atoms with E-state index in [1.165, 1.54) is 25.1 Å². The second kappa shape index (κ2) is 12.3. The van der Waals surface area contributed by atoms with Crippen molar-refractivity contribution >= 4 is 29.4 Å². The van der Waals surface area contributed by atoms with Gasteiger partial charge in [-0.1, -0.05) is 23.7 Å². The van der Waals surface area contributed by atoms with Crippen molar-refractivity contribution in [2.45, 2.75) is 50.4 Å². The van der Waals surface area contributed by atoms with Gasteiger partial charge in [-0.25, -0.2) is 9.78 Å². The molecule has 0 spiro atoms. The Morgan fingerprint density at radius 2 is 1.85 bits per heavy atom. The van der Waals surface area contributed by atoms with E-state index < -0.39 is 30.8 Å². The number of amides is 2. The number of rotatable bonds is 6. The predicted molar refractivity (Wildman–Crippen MR) is 143 cm³/mol. The molecular weight excluding hydrogens is 547 g/mol. The Bertz CT molecular complexity index is 1230. The Balaban J connectivity index is 1.43. The van der Waals surface area contributed by atoms with Gasteiger partial charge < -0.3 is 19.4 Å². The summed E-state index contributed by atoms with van der Waals surface area (Å²) < 4.78 is 43.4. The Kier molecular flexibility index (Phi) is 9.08. The Morgan fingerprint density at radius 3 is 2.42 bits per heavy atom. The maximum atomic E-state index is 13.6. The first kappa shape index (κ1) is 29.5. The van der Waals surface area contributed by atoms with Crippen LogP contribution in [0.4, 0.5) is 23.8 Å². The summed E-state index contributed by atoms with van der Waals surface area (Å²) in [6, 6.07) is 12.2. The van der Waals surface area contributed by atoms with Crippen LogP contribution < -0.4 is 4.90 Å². The molecule has 0 radical (unpaired) electrons. The number of likely N-dealkylation sites (tertiary alicyclic amines) is 1. The average Bonchev–Trinajstić information content (AvgIpc) is 3.37. The highest BCUT2D eigenvalue weighted by molar-refractivity contribution is 6.30. The molecule has 2 saturated heterocycles. The molecule has 2 amide bonds. The molecule has 8 nitrogen and oxygen atoms in total. The molecule has 40 heavy (non-hydrogen) atoms. The molecule has 0 bridgehead atoms. The van der Waals surface area contributed by atoms with Gasteiger partial charge in [0.15, 0.2) is 0 Å². The first-order valence-electron chi connectivity index (χ1n) is 13.1. The number of halogens is 4. The third kappa shape index (κ3) is 7.16. The lowest BCUT2D eigenvalue weighted by Crippen LogP contribution is -2.45. The summed E-state index contributed by atoms with van der Waals surface area (Å²) in [5.74, 6) is 0.276. The average molecular weight is 578 g/mol. The number of hydrogen-bond acceptors (Lipinski definition) is 6. The number of pyridine rings is 1. The maximum Gasteiger partial charge on any atom is 0.410 e. The topological polar surface area (TPSA) is 89.8 Å². The van der Waals surface area contributed by atoms with Crippen LogP contribution in [-0.4, -0.2) is 78.3 Å². The largest absolute Gasteiger partial charge is 0.446 e. The molecule has 1 aromatic carbocycles. The van der Waals surface area contributed by atoms with Crippen LogP contribution in [0.3, 0.4) is 0 Å². The zero-order chi connectivity index (χ0) is 29.0. The lowest BCUT2D eigenvalue weighted by molar-refractivity contribution is -0.152. The highest BCUT2D eigenvalue weighted by Crippen LogP contribution is 2.34. The molecule has 2 fully saturated rings. The Morgan fingerprint density at radius 1 is 1.18 bits per heavy atom. The van der Waals surface area contributed by atoms with Gasteiger partial charge in [0.25, 0.3) is 0 Å². The first-order chi connectivity index (χ1) is 18.9. The third-order valence-electron chi connectivity index (χ3n) is 7.55. The summed E-state index contributed by atoms with van der Waals surface area (Å²) in [4.78, 5) is 35.9. The molecule has 0 N–H and O–H groups in total. The molecule has 2 aliphatic rings. The van der Waals surface area contributed by atoms with Gasteiger partial charge in [0.05, 0.1) is 18.0 Å². The summed E-state index contributed by atoms with van der Waals surface area (Å²) in [6.07, 6.45) is -5.11. The number of benzene rings is 1. The van der Waals surface area contributed by atoms with Gasteiger partial charge >= 0.3 is 12.3 Å². The number of carbonyl (C=O) groups is 2. The molecule has 2 unspecified atom stereocenters. The number of aromatic nitrogens is 1. The van der Waals surface area contributed by atoms with Gasteiger partial charge in [0.1, 0.15) is 18.0 Å². The van der Waals surface area contributed by atoms with E-state index in [-0.39, 0.29) is 24.3 Å². The van der Waals surface area contributed by atoms with E-state index >= 15 is 0 Å². The van der Waals surface area contributed by atoms with Gasteiger partial charge in [-0.3, -0.25) is 4.79 Å². The third-order valence-corrected chi connectivity index (χ3v) is 7.80. The number of ether oxygens (including phenoxy) is 1. The van der Waals surface area contributed by atoms with Crippen molar-refractivity contribution in [3.05, 3.63) is 58.7 Å². The van der Waals surface area contributed by atoms with Crippen LogP contribution in [0.2, 0.25) is 5.02 Å². The van der Waals surface area contributed by atoms with E-state index in [9.17, 15) is 22.8 Å². The molecule has 3 heterocycles. The van der Waals surface area contributed by atoms with Crippen LogP contribution >= 0.6 is 11.6 Å². The van der Waals surface area contributed by atoms with Gasteiger partial charge in [-0.05, 0) is 49.6 Å². The quantitative estimate of drug-likeness (QED) is 0.467. The van der Waals surface area contributed by atoms with E-state index in [0.717, 1.165) is 11.4 Å². The fraction of sp³-hybridized carbons (Fsp3) is 0.500. The lowest BCUT2D eigenvalue weighted by atomic mass is 9.93. The SMILES string of the molecule is CC(CC(F)(F)F)OC(=O)N(C)[C@@H]1CN(C(=O)C2CCN(c3ccc(C#N)cn3)CC2)CC1c1ccc(Cl)cc1. The summed E-state index contributed by atoms with van der Waals surface area (Å²) in [5.41, 5.74) is 1.35. The summed E-state index contributed by atoms with van der Waals surface area (Å²) >= 11 is 6.07. The second-order valence-corrected chi connectivity index (χ2v) is 10.8. The first-order valence-corrected chi connectivity index (χ1v) is 13.5. The monoisotopic (exact) mass is 577 g/mol. The van der Waals surface area contributed by atoms with Crippen molar-refractivity contribution in [2.24, 2.45) is 5.92 Å².